The highest BCUT2D eigenvalue weighted by Gasteiger charge is 2.60. The lowest BCUT2D eigenvalue weighted by atomic mass is 9.47. The lowest BCUT2D eigenvalue weighted by molar-refractivity contribution is -0.156. The van der Waals surface area contributed by atoms with Gasteiger partial charge >= 0.3 is 0 Å². The molecule has 2 saturated carbocycles. The fraction of sp³-hybridized carbons (Fsp3) is 0.800. The number of carbonyl (C=O) groups is 2. The van der Waals surface area contributed by atoms with Crippen LogP contribution in [0.3, 0.4) is 0 Å². The summed E-state index contributed by atoms with van der Waals surface area (Å²) in [6.45, 7) is 4.69. The molecule has 1 heterocycles. The van der Waals surface area contributed by atoms with E-state index < -0.39 is 0 Å². The van der Waals surface area contributed by atoms with Gasteiger partial charge in [0.15, 0.2) is 0 Å². The molecule has 4 aliphatic rings. The first-order valence-electron chi connectivity index (χ1n) is 9.55. The van der Waals surface area contributed by atoms with Crippen molar-refractivity contribution >= 4 is 11.8 Å². The Kier molecular flexibility index (Phi) is 3.43. The smallest absolute Gasteiger partial charge is 0.244 e. The number of likely N-dealkylation sites (tertiary alicyclic amines) is 1. The number of fused-ring (bicyclic) bond motifs is 5. The third-order valence-electron chi connectivity index (χ3n) is 8.40. The molecule has 1 aliphatic heterocycles. The first-order valence-corrected chi connectivity index (χ1v) is 9.55. The summed E-state index contributed by atoms with van der Waals surface area (Å²) in [6.07, 6.45) is 9.37. The van der Waals surface area contributed by atoms with Gasteiger partial charge in [0.05, 0.1) is 0 Å². The molecule has 0 aromatic rings. The van der Waals surface area contributed by atoms with E-state index in [9.17, 15) is 9.59 Å². The zero-order chi connectivity index (χ0) is 17.3. The van der Waals surface area contributed by atoms with E-state index in [1.54, 1.807) is 0 Å². The summed E-state index contributed by atoms with van der Waals surface area (Å²) in [5, 5.41) is 0. The van der Waals surface area contributed by atoms with Gasteiger partial charge in [0, 0.05) is 30.5 Å². The highest BCUT2D eigenvalue weighted by molar-refractivity contribution is 5.94. The molecule has 132 valence electrons. The van der Waals surface area contributed by atoms with Crippen LogP contribution in [-0.4, -0.2) is 29.8 Å². The van der Waals surface area contributed by atoms with Crippen molar-refractivity contribution in [2.24, 2.45) is 34.3 Å². The van der Waals surface area contributed by atoms with Gasteiger partial charge < -0.3 is 10.6 Å². The van der Waals surface area contributed by atoms with E-state index >= 15 is 0 Å². The van der Waals surface area contributed by atoms with Crippen molar-refractivity contribution in [3.8, 4) is 0 Å². The molecule has 6 atom stereocenters. The van der Waals surface area contributed by atoms with Gasteiger partial charge in [-0.2, -0.15) is 0 Å². The Morgan fingerprint density at radius 1 is 1.21 bits per heavy atom. The van der Waals surface area contributed by atoms with Crippen molar-refractivity contribution in [2.75, 3.05) is 7.05 Å². The van der Waals surface area contributed by atoms with Crippen LogP contribution in [0.2, 0.25) is 0 Å². The second kappa shape index (κ2) is 5.09. The fourth-order valence-corrected chi connectivity index (χ4v) is 7.10. The summed E-state index contributed by atoms with van der Waals surface area (Å²) in [7, 11) is 2.00. The van der Waals surface area contributed by atoms with Crippen molar-refractivity contribution in [1.29, 1.82) is 0 Å². The third-order valence-corrected chi connectivity index (χ3v) is 8.40. The lowest BCUT2D eigenvalue weighted by Crippen LogP contribution is -2.61. The monoisotopic (exact) mass is 330 g/mol. The molecule has 0 unspecified atom stereocenters. The van der Waals surface area contributed by atoms with Gasteiger partial charge in [-0.05, 0) is 61.7 Å². The summed E-state index contributed by atoms with van der Waals surface area (Å²) in [4.78, 5) is 26.1. The Morgan fingerprint density at radius 2 is 1.96 bits per heavy atom. The summed E-state index contributed by atoms with van der Waals surface area (Å²) >= 11 is 0. The maximum absolute atomic E-state index is 12.2. The van der Waals surface area contributed by atoms with Gasteiger partial charge in [0.2, 0.25) is 11.8 Å². The van der Waals surface area contributed by atoms with Crippen molar-refractivity contribution in [3.05, 3.63) is 11.6 Å². The van der Waals surface area contributed by atoms with Crippen LogP contribution in [0.15, 0.2) is 11.6 Å². The van der Waals surface area contributed by atoms with Gasteiger partial charge in [-0.25, -0.2) is 0 Å². The average molecular weight is 330 g/mol. The maximum Gasteiger partial charge on any atom is 0.244 e. The van der Waals surface area contributed by atoms with Crippen molar-refractivity contribution < 1.29 is 9.59 Å². The topological polar surface area (TPSA) is 63.4 Å². The number of primary amides is 1. The summed E-state index contributed by atoms with van der Waals surface area (Å²) in [6, 6.07) is 0.398. The Balaban J connectivity index is 1.65. The molecule has 0 aromatic heterocycles. The lowest BCUT2D eigenvalue weighted by Gasteiger charge is -2.61. The van der Waals surface area contributed by atoms with E-state index in [4.69, 9.17) is 5.73 Å². The van der Waals surface area contributed by atoms with Crippen molar-refractivity contribution in [3.63, 3.8) is 0 Å². The van der Waals surface area contributed by atoms with E-state index in [2.05, 4.69) is 19.9 Å². The summed E-state index contributed by atoms with van der Waals surface area (Å²) in [5.74, 6) is 1.99. The van der Waals surface area contributed by atoms with Gasteiger partial charge in [0.25, 0.3) is 0 Å². The normalized spacial score (nSPS) is 47.5. The number of hydrogen-bond acceptors (Lipinski definition) is 2. The molecular formula is C20H30N2O2. The number of piperidine rings is 1. The second-order valence-corrected chi connectivity index (χ2v) is 9.15. The van der Waals surface area contributed by atoms with E-state index in [1.165, 1.54) is 6.42 Å². The zero-order valence-electron chi connectivity index (χ0n) is 15.2. The number of hydrogen-bond donors (Lipinski definition) is 1. The number of nitrogens with two attached hydrogens (primary N) is 1. The SMILES string of the molecule is CN1C(=O)CC[C@]2(C)[C@H]3CC[C@]4(C)C(C(N)=O)=CC[C@H]4[C@@H]3CC[C@@H]12. The minimum Gasteiger partial charge on any atom is -0.366 e. The second-order valence-electron chi connectivity index (χ2n) is 9.15. The van der Waals surface area contributed by atoms with Crippen LogP contribution in [0.25, 0.3) is 0 Å². The minimum absolute atomic E-state index is 0.0212. The maximum atomic E-state index is 12.2. The quantitative estimate of drug-likeness (QED) is 0.803. The molecule has 0 radical (unpaired) electrons. The highest BCUT2D eigenvalue weighted by Crippen LogP contribution is 2.64. The predicted octanol–water partition coefficient (Wildman–Crippen LogP) is 2.87. The minimum atomic E-state index is -0.221. The van der Waals surface area contributed by atoms with Crippen molar-refractivity contribution in [1.82, 2.24) is 4.90 Å². The molecule has 0 bridgehead atoms. The van der Waals surface area contributed by atoms with E-state index in [0.717, 1.165) is 37.7 Å². The van der Waals surface area contributed by atoms with E-state index in [-0.39, 0.29) is 16.7 Å². The standard InChI is InChI=1S/C20H30N2O2/c1-19-10-8-14-12(13(19)5-6-15(19)18(21)24)4-7-16-20(14,2)11-9-17(23)22(16)3/h6,12-14,16H,4-5,7-11H2,1-3H3,(H2,21,24)/t12-,13-,14-,16+,19-,20+/m0/s1. The molecule has 0 spiro atoms. The molecule has 0 aromatic carbocycles. The number of allylic oxidation sites excluding steroid dienone is 1. The number of nitrogens with zero attached hydrogens (tertiary/aromatic N) is 1. The third kappa shape index (κ3) is 1.91. The Hall–Kier alpha value is -1.32. The van der Waals surface area contributed by atoms with Gasteiger partial charge in [-0.3, -0.25) is 9.59 Å². The Bertz CT molecular complexity index is 627. The van der Waals surface area contributed by atoms with E-state index in [0.29, 0.717) is 36.1 Å². The van der Waals surface area contributed by atoms with Crippen LogP contribution in [0.1, 0.15) is 58.8 Å². The number of carbonyl (C=O) groups excluding carboxylic acids is 2. The molecule has 24 heavy (non-hydrogen) atoms. The highest BCUT2D eigenvalue weighted by atomic mass is 16.2. The molecule has 4 rings (SSSR count). The number of rotatable bonds is 1. The van der Waals surface area contributed by atoms with Crippen molar-refractivity contribution in [2.45, 2.75) is 64.8 Å². The molecule has 3 aliphatic carbocycles. The van der Waals surface area contributed by atoms with Crippen LogP contribution in [0.5, 0.6) is 0 Å². The van der Waals surface area contributed by atoms with Crippen LogP contribution in [-0.2, 0) is 9.59 Å². The molecule has 1 saturated heterocycles. The van der Waals surface area contributed by atoms with Crippen LogP contribution in [0, 0.1) is 28.6 Å². The Morgan fingerprint density at radius 3 is 2.67 bits per heavy atom. The summed E-state index contributed by atoms with van der Waals surface area (Å²) in [5.41, 5.74) is 6.77. The molecule has 4 heteroatoms. The van der Waals surface area contributed by atoms with Crippen LogP contribution < -0.4 is 5.73 Å². The first-order chi connectivity index (χ1) is 11.3. The van der Waals surface area contributed by atoms with Crippen LogP contribution in [0.4, 0.5) is 0 Å². The fourth-order valence-electron chi connectivity index (χ4n) is 7.10. The van der Waals surface area contributed by atoms with Gasteiger partial charge in [-0.1, -0.05) is 19.9 Å². The molecular weight excluding hydrogens is 300 g/mol. The van der Waals surface area contributed by atoms with Crippen LogP contribution >= 0.6 is 0 Å². The zero-order valence-corrected chi connectivity index (χ0v) is 15.2. The predicted molar refractivity (Wildman–Crippen MR) is 92.8 cm³/mol. The van der Waals surface area contributed by atoms with Gasteiger partial charge in [0.1, 0.15) is 0 Å². The largest absolute Gasteiger partial charge is 0.366 e. The molecule has 2 amide bonds. The number of amides is 2. The first kappa shape index (κ1) is 16.2. The molecule has 2 N–H and O–H groups in total. The molecule has 4 nitrogen and oxygen atoms in total. The van der Waals surface area contributed by atoms with E-state index in [1.807, 2.05) is 11.9 Å². The molecule has 3 fully saturated rings. The Labute approximate surface area is 144 Å². The summed E-state index contributed by atoms with van der Waals surface area (Å²) < 4.78 is 0. The average Bonchev–Trinajstić information content (AvgIpc) is 2.89. The van der Waals surface area contributed by atoms with Gasteiger partial charge in [-0.15, -0.1) is 0 Å².